The fourth-order valence-electron chi connectivity index (χ4n) is 3.34. The largest absolute Gasteiger partial charge is 0.339 e. The molecule has 2 heterocycles. The molecule has 1 N–H and O–H groups in total. The maximum atomic E-state index is 12.9. The van der Waals surface area contributed by atoms with E-state index >= 15 is 0 Å². The van der Waals surface area contributed by atoms with E-state index in [1.54, 1.807) is 9.47 Å². The fourth-order valence-corrected chi connectivity index (χ4v) is 3.34. The van der Waals surface area contributed by atoms with Gasteiger partial charge < -0.3 is 14.8 Å². The van der Waals surface area contributed by atoms with E-state index < -0.39 is 0 Å². The van der Waals surface area contributed by atoms with Gasteiger partial charge in [0.25, 0.3) is 11.5 Å². The van der Waals surface area contributed by atoms with Gasteiger partial charge in [-0.15, -0.1) is 0 Å². The van der Waals surface area contributed by atoms with E-state index in [1.165, 1.54) is 0 Å². The molecule has 0 spiro atoms. The van der Waals surface area contributed by atoms with Crippen LogP contribution in [0.15, 0.2) is 17.1 Å². The first kappa shape index (κ1) is 18.7. The number of nitrogens with zero attached hydrogens (tertiary/aromatic N) is 2. The Morgan fingerprint density at radius 3 is 2.83 bits per heavy atom. The van der Waals surface area contributed by atoms with Crippen LogP contribution in [0.3, 0.4) is 0 Å². The Balaban J connectivity index is 2.23. The molecule has 1 atom stereocenters. The molecule has 0 aromatic carbocycles. The van der Waals surface area contributed by atoms with Crippen LogP contribution in [0.2, 0.25) is 0 Å². The number of carbonyl (C=O) groups is 1. The van der Waals surface area contributed by atoms with Crippen LogP contribution in [-0.2, 0) is 6.54 Å². The standard InChI is InChI=1S/C19H31N3O2/c1-4-6-11-21(5-2)18(23)17-15(3)9-12-22(19(17)24)14-16-8-7-10-20-13-16/h9,12,16,20H,4-8,10-11,13-14H2,1-3H3. The molecule has 1 aliphatic rings. The van der Waals surface area contributed by atoms with E-state index in [1.807, 2.05) is 26.1 Å². The molecule has 134 valence electrons. The summed E-state index contributed by atoms with van der Waals surface area (Å²) in [5.41, 5.74) is 0.984. The van der Waals surface area contributed by atoms with Crippen LogP contribution in [0, 0.1) is 12.8 Å². The van der Waals surface area contributed by atoms with Gasteiger partial charge in [-0.05, 0) is 63.7 Å². The zero-order valence-electron chi connectivity index (χ0n) is 15.3. The van der Waals surface area contributed by atoms with Crippen molar-refractivity contribution in [1.82, 2.24) is 14.8 Å². The van der Waals surface area contributed by atoms with Gasteiger partial charge in [0.15, 0.2) is 0 Å². The second kappa shape index (κ2) is 9.02. The second-order valence-corrected chi connectivity index (χ2v) is 6.78. The summed E-state index contributed by atoms with van der Waals surface area (Å²) >= 11 is 0. The van der Waals surface area contributed by atoms with Crippen molar-refractivity contribution in [3.8, 4) is 0 Å². The zero-order chi connectivity index (χ0) is 17.5. The fraction of sp³-hybridized carbons (Fsp3) is 0.684. The summed E-state index contributed by atoms with van der Waals surface area (Å²) in [6.45, 7) is 9.98. The number of hydrogen-bond acceptors (Lipinski definition) is 3. The third kappa shape index (κ3) is 4.47. The molecule has 0 bridgehead atoms. The predicted octanol–water partition coefficient (Wildman–Crippen LogP) is 2.42. The molecule has 5 heteroatoms. The average Bonchev–Trinajstić information content (AvgIpc) is 2.59. The molecule has 1 saturated heterocycles. The number of hydrogen-bond donors (Lipinski definition) is 1. The topological polar surface area (TPSA) is 54.3 Å². The number of carbonyl (C=O) groups excluding carboxylic acids is 1. The zero-order valence-corrected chi connectivity index (χ0v) is 15.3. The molecule has 1 aromatic heterocycles. The number of rotatable bonds is 7. The maximum Gasteiger partial charge on any atom is 0.263 e. The molecule has 0 saturated carbocycles. The van der Waals surface area contributed by atoms with Crippen molar-refractivity contribution in [1.29, 1.82) is 0 Å². The van der Waals surface area contributed by atoms with Crippen molar-refractivity contribution in [2.75, 3.05) is 26.2 Å². The Labute approximate surface area is 145 Å². The van der Waals surface area contributed by atoms with Crippen molar-refractivity contribution in [2.24, 2.45) is 5.92 Å². The molecule has 24 heavy (non-hydrogen) atoms. The van der Waals surface area contributed by atoms with Gasteiger partial charge in [-0.25, -0.2) is 0 Å². The molecule has 2 rings (SSSR count). The Hall–Kier alpha value is -1.62. The molecular weight excluding hydrogens is 302 g/mol. The second-order valence-electron chi connectivity index (χ2n) is 6.78. The summed E-state index contributed by atoms with van der Waals surface area (Å²) in [6, 6.07) is 1.90. The summed E-state index contributed by atoms with van der Waals surface area (Å²) in [5.74, 6) is 0.342. The lowest BCUT2D eigenvalue weighted by molar-refractivity contribution is 0.0759. The highest BCUT2D eigenvalue weighted by Crippen LogP contribution is 2.13. The van der Waals surface area contributed by atoms with Crippen LogP contribution >= 0.6 is 0 Å². The van der Waals surface area contributed by atoms with Crippen molar-refractivity contribution in [2.45, 2.75) is 53.0 Å². The maximum absolute atomic E-state index is 12.9. The molecule has 1 aromatic rings. The number of pyridine rings is 1. The van der Waals surface area contributed by atoms with Crippen molar-refractivity contribution in [3.63, 3.8) is 0 Å². The summed E-state index contributed by atoms with van der Waals surface area (Å²) in [7, 11) is 0. The average molecular weight is 333 g/mol. The van der Waals surface area contributed by atoms with Crippen LogP contribution in [0.4, 0.5) is 0 Å². The monoisotopic (exact) mass is 333 g/mol. The Kier molecular flexibility index (Phi) is 7.03. The third-order valence-corrected chi connectivity index (χ3v) is 4.89. The van der Waals surface area contributed by atoms with Crippen molar-refractivity contribution >= 4 is 5.91 Å². The number of amides is 1. The minimum absolute atomic E-state index is 0.121. The quantitative estimate of drug-likeness (QED) is 0.834. The highest BCUT2D eigenvalue weighted by molar-refractivity contribution is 5.95. The number of piperidine rings is 1. The molecular formula is C19H31N3O2. The Morgan fingerprint density at radius 2 is 2.21 bits per heavy atom. The Bertz CT molecular complexity index is 603. The SMILES string of the molecule is CCCCN(CC)C(=O)c1c(C)ccn(CC2CCCNC2)c1=O. The van der Waals surface area contributed by atoms with E-state index in [2.05, 4.69) is 12.2 Å². The number of aromatic nitrogens is 1. The minimum Gasteiger partial charge on any atom is -0.339 e. The number of nitrogens with one attached hydrogen (secondary N) is 1. The third-order valence-electron chi connectivity index (χ3n) is 4.89. The van der Waals surface area contributed by atoms with Gasteiger partial charge >= 0.3 is 0 Å². The molecule has 0 aliphatic carbocycles. The lowest BCUT2D eigenvalue weighted by atomic mass is 9.99. The van der Waals surface area contributed by atoms with E-state index in [0.29, 0.717) is 31.1 Å². The summed E-state index contributed by atoms with van der Waals surface area (Å²) in [4.78, 5) is 27.6. The smallest absolute Gasteiger partial charge is 0.263 e. The van der Waals surface area contributed by atoms with Crippen LogP contribution < -0.4 is 10.9 Å². The van der Waals surface area contributed by atoms with Gasteiger partial charge in [0, 0.05) is 25.8 Å². The number of unbranched alkanes of at least 4 members (excludes halogenated alkanes) is 1. The van der Waals surface area contributed by atoms with Gasteiger partial charge in [-0.3, -0.25) is 9.59 Å². The normalized spacial score (nSPS) is 17.7. The van der Waals surface area contributed by atoms with Gasteiger partial charge in [0.05, 0.1) is 0 Å². The molecule has 5 nitrogen and oxygen atoms in total. The lowest BCUT2D eigenvalue weighted by Gasteiger charge is -2.25. The van der Waals surface area contributed by atoms with Crippen LogP contribution in [-0.4, -0.2) is 41.6 Å². The molecule has 1 aliphatic heterocycles. The molecule has 0 radical (unpaired) electrons. The molecule has 1 unspecified atom stereocenters. The first-order valence-electron chi connectivity index (χ1n) is 9.28. The van der Waals surface area contributed by atoms with Gasteiger partial charge in [-0.1, -0.05) is 13.3 Å². The molecule has 1 amide bonds. The summed E-state index contributed by atoms with van der Waals surface area (Å²) < 4.78 is 1.73. The predicted molar refractivity (Wildman–Crippen MR) is 97.5 cm³/mol. The van der Waals surface area contributed by atoms with Gasteiger partial charge in [0.1, 0.15) is 5.56 Å². The van der Waals surface area contributed by atoms with Crippen molar-refractivity contribution in [3.05, 3.63) is 33.7 Å². The summed E-state index contributed by atoms with van der Waals surface area (Å²) in [5, 5.41) is 3.38. The highest BCUT2D eigenvalue weighted by atomic mass is 16.2. The van der Waals surface area contributed by atoms with E-state index in [9.17, 15) is 9.59 Å². The van der Waals surface area contributed by atoms with E-state index in [0.717, 1.165) is 44.3 Å². The first-order valence-corrected chi connectivity index (χ1v) is 9.28. The number of aryl methyl sites for hydroxylation is 1. The highest BCUT2D eigenvalue weighted by Gasteiger charge is 2.22. The lowest BCUT2D eigenvalue weighted by Crippen LogP contribution is -2.39. The van der Waals surface area contributed by atoms with Crippen LogP contribution in [0.25, 0.3) is 0 Å². The Morgan fingerprint density at radius 1 is 1.42 bits per heavy atom. The van der Waals surface area contributed by atoms with E-state index in [4.69, 9.17) is 0 Å². The van der Waals surface area contributed by atoms with E-state index in [-0.39, 0.29) is 11.5 Å². The van der Waals surface area contributed by atoms with Gasteiger partial charge in [0.2, 0.25) is 0 Å². The van der Waals surface area contributed by atoms with Crippen LogP contribution in [0.5, 0.6) is 0 Å². The molecule has 1 fully saturated rings. The first-order chi connectivity index (χ1) is 11.6. The van der Waals surface area contributed by atoms with Crippen molar-refractivity contribution < 1.29 is 4.79 Å². The van der Waals surface area contributed by atoms with Gasteiger partial charge in [-0.2, -0.15) is 0 Å². The van der Waals surface area contributed by atoms with Crippen LogP contribution in [0.1, 0.15) is 55.5 Å². The minimum atomic E-state index is -0.138. The summed E-state index contributed by atoms with van der Waals surface area (Å²) in [6.07, 6.45) is 6.13.